The van der Waals surface area contributed by atoms with Crippen molar-refractivity contribution < 1.29 is 28.5 Å². The fourth-order valence-corrected chi connectivity index (χ4v) is 7.60. The molecular formula is C42H40N7O5+. The van der Waals surface area contributed by atoms with Crippen LogP contribution in [0.25, 0.3) is 22.2 Å². The quantitative estimate of drug-likeness (QED) is 0.188. The van der Waals surface area contributed by atoms with Gasteiger partial charge in [0, 0.05) is 36.7 Å². The van der Waals surface area contributed by atoms with E-state index in [1.165, 1.54) is 0 Å². The summed E-state index contributed by atoms with van der Waals surface area (Å²) in [5.74, 6) is 0.517. The van der Waals surface area contributed by atoms with Crippen LogP contribution in [0.1, 0.15) is 22.6 Å². The normalized spacial score (nSPS) is 20.2. The Hall–Kier alpha value is -6.37. The van der Waals surface area contributed by atoms with Gasteiger partial charge in [-0.15, -0.1) is 9.60 Å². The van der Waals surface area contributed by atoms with Crippen molar-refractivity contribution in [1.29, 1.82) is 0 Å². The van der Waals surface area contributed by atoms with Gasteiger partial charge in [0.2, 0.25) is 23.9 Å². The second kappa shape index (κ2) is 14.6. The van der Waals surface area contributed by atoms with Gasteiger partial charge in [-0.3, -0.25) is 24.8 Å². The third kappa shape index (κ3) is 6.68. The number of rotatable bonds is 9. The van der Waals surface area contributed by atoms with Crippen LogP contribution in [-0.2, 0) is 35.6 Å². The minimum Gasteiger partial charge on any atom is -0.508 e. The molecule has 272 valence electrons. The summed E-state index contributed by atoms with van der Waals surface area (Å²) in [4.78, 5) is 56.4. The lowest BCUT2D eigenvalue weighted by Gasteiger charge is -2.56. The molecule has 0 saturated carbocycles. The number of nitrogens with zero attached hydrogens (tertiary/aromatic N) is 6. The van der Waals surface area contributed by atoms with E-state index in [2.05, 4.69) is 15.3 Å². The second-order valence-electron chi connectivity index (χ2n) is 13.9. The number of phenols is 1. The molecule has 2 aliphatic heterocycles. The molecule has 2 saturated heterocycles. The summed E-state index contributed by atoms with van der Waals surface area (Å²) >= 11 is 0. The molecule has 0 aliphatic carbocycles. The number of benzene rings is 4. The molecule has 4 aromatic carbocycles. The lowest BCUT2D eigenvalue weighted by Crippen LogP contribution is -2.83. The van der Waals surface area contributed by atoms with Gasteiger partial charge in [0.15, 0.2) is 5.76 Å². The number of nitrogens with one attached hydrogen (secondary N) is 1. The van der Waals surface area contributed by atoms with Crippen molar-refractivity contribution in [3.63, 3.8) is 0 Å². The molecule has 0 spiro atoms. The number of urea groups is 1. The van der Waals surface area contributed by atoms with Crippen molar-refractivity contribution in [3.05, 3.63) is 150 Å². The van der Waals surface area contributed by atoms with Crippen LogP contribution in [0.4, 0.5) is 4.79 Å². The molecule has 4 amide bonds. The van der Waals surface area contributed by atoms with E-state index in [4.69, 9.17) is 4.42 Å². The van der Waals surface area contributed by atoms with Gasteiger partial charge in [0.05, 0.1) is 25.3 Å². The summed E-state index contributed by atoms with van der Waals surface area (Å²) in [6, 6.07) is 34.3. The first kappa shape index (κ1) is 34.7. The molecule has 6 aromatic rings. The number of pyridine rings is 1. The summed E-state index contributed by atoms with van der Waals surface area (Å²) in [5, 5.41) is 15.8. The number of carbonyl (C=O) groups is 3. The fourth-order valence-electron chi connectivity index (χ4n) is 7.60. The summed E-state index contributed by atoms with van der Waals surface area (Å²) < 4.78 is 5.84. The summed E-state index contributed by atoms with van der Waals surface area (Å²) in [6.45, 7) is 0.493. The maximum absolute atomic E-state index is 14.8. The first-order valence-corrected chi connectivity index (χ1v) is 17.9. The summed E-state index contributed by atoms with van der Waals surface area (Å²) in [5.41, 5.74) is 4.26. The minimum atomic E-state index is -0.915. The Kier molecular flexibility index (Phi) is 9.36. The van der Waals surface area contributed by atoms with E-state index in [-0.39, 0.29) is 67.3 Å². The number of likely N-dealkylation sites (N-methyl/N-ethyl adjacent to an activating group) is 1. The maximum atomic E-state index is 14.8. The van der Waals surface area contributed by atoms with Crippen molar-refractivity contribution >= 4 is 28.7 Å². The predicted octanol–water partition coefficient (Wildman–Crippen LogP) is 5.49. The van der Waals surface area contributed by atoms with Gasteiger partial charge >= 0.3 is 6.03 Å². The maximum Gasteiger partial charge on any atom is 0.438 e. The van der Waals surface area contributed by atoms with E-state index in [0.717, 1.165) is 33.2 Å². The number of phenolic OH excluding ortho intramolecular Hbond substituents is 1. The molecule has 0 bridgehead atoms. The molecular weight excluding hydrogens is 683 g/mol. The second-order valence-corrected chi connectivity index (χ2v) is 13.9. The Balaban J connectivity index is 1.19. The number of fused-ring (bicyclic) bond motifs is 2. The van der Waals surface area contributed by atoms with Gasteiger partial charge in [0.1, 0.15) is 24.9 Å². The highest BCUT2D eigenvalue weighted by molar-refractivity contribution is 5.91. The first-order valence-electron chi connectivity index (χ1n) is 17.9. The van der Waals surface area contributed by atoms with Gasteiger partial charge in [0.25, 0.3) is 0 Å². The SMILES string of the molecule is C[N+]1(C(=O)NCc2ccccc2)C2CN(Cc3cccc4ncccc34)C(=O)[C@H](Cc3ccc(O)cc3)N2C(=O)CN1Cc1ncc(-c2ccccc2)o1. The molecule has 12 nitrogen and oxygen atoms in total. The lowest BCUT2D eigenvalue weighted by atomic mass is 9.97. The molecule has 12 heteroatoms. The molecule has 2 aromatic heterocycles. The van der Waals surface area contributed by atoms with E-state index in [1.54, 1.807) is 58.5 Å². The number of piperazine rings is 1. The number of oxazole rings is 1. The zero-order chi connectivity index (χ0) is 37.2. The van der Waals surface area contributed by atoms with Crippen molar-refractivity contribution in [3.8, 4) is 17.1 Å². The van der Waals surface area contributed by atoms with Crippen molar-refractivity contribution in [2.24, 2.45) is 0 Å². The van der Waals surface area contributed by atoms with Gasteiger partial charge in [-0.1, -0.05) is 91.0 Å². The molecule has 4 heterocycles. The largest absolute Gasteiger partial charge is 0.508 e. The van der Waals surface area contributed by atoms with Crippen molar-refractivity contribution in [1.82, 2.24) is 30.1 Å². The molecule has 54 heavy (non-hydrogen) atoms. The molecule has 2 aliphatic rings. The van der Waals surface area contributed by atoms with Crippen LogP contribution in [0.3, 0.4) is 0 Å². The smallest absolute Gasteiger partial charge is 0.438 e. The summed E-state index contributed by atoms with van der Waals surface area (Å²) in [7, 11) is 1.79. The number of amides is 4. The highest BCUT2D eigenvalue weighted by Crippen LogP contribution is 2.35. The van der Waals surface area contributed by atoms with Gasteiger partial charge < -0.3 is 14.4 Å². The zero-order valence-corrected chi connectivity index (χ0v) is 29.8. The predicted molar refractivity (Wildman–Crippen MR) is 201 cm³/mol. The topological polar surface area (TPSA) is 132 Å². The van der Waals surface area contributed by atoms with Crippen LogP contribution in [0.2, 0.25) is 0 Å². The summed E-state index contributed by atoms with van der Waals surface area (Å²) in [6.07, 6.45) is 2.77. The molecule has 2 N–H and O–H groups in total. The standard InChI is InChI=1S/C42H39N7O5/c1-49(42(53)45-23-30-10-4-2-5-11-30)39-27-46(25-32-14-8-16-35-34(32)15-9-21-43-35)41(52)36(22-29-17-19-33(50)20-18-29)48(39)40(51)28-47(49)26-38-44-24-37(54-38)31-12-6-3-7-13-31/h2-21,24,36,39H,22-23,25-28H2,1H3,(H-,45,50,53)/p+1/t36-,39?,49?/m0/s1. The molecule has 8 rings (SSSR count). The monoisotopic (exact) mass is 722 g/mol. The number of aromatic nitrogens is 2. The Morgan fingerprint density at radius 3 is 2.41 bits per heavy atom. The zero-order valence-electron chi connectivity index (χ0n) is 29.8. The lowest BCUT2D eigenvalue weighted by molar-refractivity contribution is -0.986. The van der Waals surface area contributed by atoms with E-state index < -0.39 is 12.2 Å². The van der Waals surface area contributed by atoms with Gasteiger partial charge in [-0.2, -0.15) is 0 Å². The van der Waals surface area contributed by atoms with Crippen molar-refractivity contribution in [2.45, 2.75) is 38.3 Å². The Morgan fingerprint density at radius 1 is 0.870 bits per heavy atom. The number of hydrogen-bond acceptors (Lipinski definition) is 8. The highest BCUT2D eigenvalue weighted by Gasteiger charge is 2.61. The van der Waals surface area contributed by atoms with Gasteiger partial charge in [-0.05, 0) is 41.0 Å². The number of carbonyl (C=O) groups excluding carboxylic acids is 3. The third-order valence-electron chi connectivity index (χ3n) is 10.5. The highest BCUT2D eigenvalue weighted by atomic mass is 16.4. The van der Waals surface area contributed by atoms with Crippen LogP contribution in [-0.4, -0.2) is 84.7 Å². The van der Waals surface area contributed by atoms with Crippen LogP contribution in [0, 0.1) is 0 Å². The number of quaternary nitrogens is 1. The number of hydrogen-bond donors (Lipinski definition) is 2. The van der Waals surface area contributed by atoms with Crippen LogP contribution < -0.4 is 5.32 Å². The Morgan fingerprint density at radius 2 is 1.63 bits per heavy atom. The first-order chi connectivity index (χ1) is 26.3. The van der Waals surface area contributed by atoms with Crippen LogP contribution in [0.5, 0.6) is 5.75 Å². The Bertz CT molecular complexity index is 2290. The fraction of sp³-hybridized carbons (Fsp3) is 0.214. The number of aromatic hydroxyl groups is 1. The average Bonchev–Trinajstić information content (AvgIpc) is 3.67. The van der Waals surface area contributed by atoms with E-state index in [9.17, 15) is 19.5 Å². The van der Waals surface area contributed by atoms with Crippen LogP contribution >= 0.6 is 0 Å². The van der Waals surface area contributed by atoms with Gasteiger partial charge in [-0.25, -0.2) is 9.78 Å². The van der Waals surface area contributed by atoms with E-state index >= 15 is 0 Å². The van der Waals surface area contributed by atoms with Crippen LogP contribution in [0.15, 0.2) is 132 Å². The van der Waals surface area contributed by atoms with Crippen molar-refractivity contribution in [2.75, 3.05) is 20.1 Å². The Labute approximate surface area is 312 Å². The third-order valence-corrected chi connectivity index (χ3v) is 10.5. The molecule has 2 unspecified atom stereocenters. The molecule has 2 fully saturated rings. The average molecular weight is 723 g/mol. The van der Waals surface area contributed by atoms with E-state index in [0.29, 0.717) is 11.7 Å². The molecule has 0 radical (unpaired) electrons. The molecule has 3 atom stereocenters. The minimum absolute atomic E-state index is 0.0593. The van der Waals surface area contributed by atoms with E-state index in [1.807, 2.05) is 91.0 Å².